The highest BCUT2D eigenvalue weighted by Crippen LogP contribution is 2.47. The topological polar surface area (TPSA) is 55.5 Å². The fraction of sp³-hybridized carbons (Fsp3) is 0.600. The molecule has 0 aromatic heterocycles. The number of halogens is 1. The van der Waals surface area contributed by atoms with E-state index in [1.807, 2.05) is 13.0 Å². The Hall–Kier alpha value is -0.930. The molecule has 1 aromatic rings. The molecule has 1 aliphatic rings. The van der Waals surface area contributed by atoms with Gasteiger partial charge in [-0.3, -0.25) is 0 Å². The molecule has 106 valence electrons. The van der Waals surface area contributed by atoms with E-state index < -0.39 is 0 Å². The van der Waals surface area contributed by atoms with E-state index >= 15 is 0 Å². The van der Waals surface area contributed by atoms with Gasteiger partial charge in [0.2, 0.25) is 0 Å². The summed E-state index contributed by atoms with van der Waals surface area (Å²) < 4.78 is 5.24. The van der Waals surface area contributed by atoms with Crippen LogP contribution in [0, 0.1) is 6.92 Å². The van der Waals surface area contributed by atoms with Crippen molar-refractivity contribution >= 4 is 11.6 Å². The smallest absolute Gasteiger partial charge is 0.144 e. The Morgan fingerprint density at radius 1 is 1.37 bits per heavy atom. The van der Waals surface area contributed by atoms with Gasteiger partial charge in [-0.25, -0.2) is 0 Å². The molecule has 3 nitrogen and oxygen atoms in total. The fourth-order valence-electron chi connectivity index (χ4n) is 3.22. The number of rotatable bonds is 3. The molecule has 1 aliphatic carbocycles. The number of hydrogen-bond donors (Lipinski definition) is 2. The summed E-state index contributed by atoms with van der Waals surface area (Å²) in [6.45, 7) is 2.37. The molecule has 1 fully saturated rings. The standard InChI is InChI=1S/C15H22ClNO2/c1-10-13(18)11(8-12(16)14(10)19-2)15(9-17)6-4-3-5-7-15/h8,18H,3-7,9,17H2,1-2H3. The van der Waals surface area contributed by atoms with Crippen molar-refractivity contribution in [3.63, 3.8) is 0 Å². The molecular formula is C15H22ClNO2. The normalized spacial score (nSPS) is 18.3. The van der Waals surface area contributed by atoms with Crippen LogP contribution in [0.5, 0.6) is 11.5 Å². The number of hydrogen-bond acceptors (Lipinski definition) is 3. The van der Waals surface area contributed by atoms with Gasteiger partial charge in [-0.15, -0.1) is 0 Å². The first-order chi connectivity index (χ1) is 9.05. The van der Waals surface area contributed by atoms with E-state index in [0.717, 1.165) is 31.2 Å². The number of ether oxygens (including phenoxy) is 1. The highest BCUT2D eigenvalue weighted by atomic mass is 35.5. The van der Waals surface area contributed by atoms with Crippen LogP contribution in [-0.2, 0) is 5.41 Å². The van der Waals surface area contributed by atoms with Gasteiger partial charge in [0.05, 0.1) is 12.1 Å². The summed E-state index contributed by atoms with van der Waals surface area (Å²) >= 11 is 6.27. The molecule has 0 amide bonds. The van der Waals surface area contributed by atoms with Crippen molar-refractivity contribution in [2.24, 2.45) is 5.73 Å². The maximum absolute atomic E-state index is 10.5. The minimum atomic E-state index is -0.136. The zero-order valence-electron chi connectivity index (χ0n) is 11.6. The van der Waals surface area contributed by atoms with Crippen LogP contribution in [-0.4, -0.2) is 18.8 Å². The third-order valence-corrected chi connectivity index (χ3v) is 4.70. The van der Waals surface area contributed by atoms with Crippen molar-refractivity contribution in [2.45, 2.75) is 44.4 Å². The molecule has 0 spiro atoms. The average Bonchev–Trinajstić information content (AvgIpc) is 2.44. The van der Waals surface area contributed by atoms with E-state index in [1.54, 1.807) is 7.11 Å². The van der Waals surface area contributed by atoms with Gasteiger partial charge in [0.25, 0.3) is 0 Å². The lowest BCUT2D eigenvalue weighted by Crippen LogP contribution is -2.37. The summed E-state index contributed by atoms with van der Waals surface area (Å²) in [6.07, 6.45) is 5.57. The van der Waals surface area contributed by atoms with E-state index in [9.17, 15) is 5.11 Å². The lowest BCUT2D eigenvalue weighted by atomic mass is 9.69. The molecule has 1 saturated carbocycles. The Morgan fingerprint density at radius 3 is 2.53 bits per heavy atom. The van der Waals surface area contributed by atoms with Crippen molar-refractivity contribution in [3.05, 3.63) is 22.2 Å². The third-order valence-electron chi connectivity index (χ3n) is 4.42. The summed E-state index contributed by atoms with van der Waals surface area (Å²) in [5, 5.41) is 11.0. The summed E-state index contributed by atoms with van der Waals surface area (Å²) in [5.41, 5.74) is 7.47. The minimum absolute atomic E-state index is 0.136. The molecule has 3 N–H and O–H groups in total. The van der Waals surface area contributed by atoms with Crippen molar-refractivity contribution in [1.82, 2.24) is 0 Å². The van der Waals surface area contributed by atoms with Crippen LogP contribution >= 0.6 is 11.6 Å². The van der Waals surface area contributed by atoms with Gasteiger partial charge in [0, 0.05) is 23.1 Å². The van der Waals surface area contributed by atoms with Crippen molar-refractivity contribution < 1.29 is 9.84 Å². The third kappa shape index (κ3) is 2.41. The second-order valence-electron chi connectivity index (χ2n) is 5.46. The number of nitrogens with two attached hydrogens (primary N) is 1. The monoisotopic (exact) mass is 283 g/mol. The molecule has 4 heteroatoms. The quantitative estimate of drug-likeness (QED) is 0.892. The lowest BCUT2D eigenvalue weighted by Gasteiger charge is -2.37. The maximum Gasteiger partial charge on any atom is 0.144 e. The van der Waals surface area contributed by atoms with Gasteiger partial charge >= 0.3 is 0 Å². The number of phenolic OH excluding ortho intramolecular Hbond substituents is 1. The number of benzene rings is 1. The minimum Gasteiger partial charge on any atom is -0.507 e. The summed E-state index contributed by atoms with van der Waals surface area (Å²) in [7, 11) is 1.56. The molecule has 1 aromatic carbocycles. The van der Waals surface area contributed by atoms with Crippen molar-refractivity contribution in [2.75, 3.05) is 13.7 Å². The SMILES string of the molecule is COc1c(Cl)cc(C2(CN)CCCCC2)c(O)c1C. The van der Waals surface area contributed by atoms with Gasteiger partial charge in [-0.2, -0.15) is 0 Å². The first-order valence-electron chi connectivity index (χ1n) is 6.82. The van der Waals surface area contributed by atoms with Crippen molar-refractivity contribution in [1.29, 1.82) is 0 Å². The summed E-state index contributed by atoms with van der Waals surface area (Å²) in [4.78, 5) is 0. The van der Waals surface area contributed by atoms with Crippen LogP contribution in [0.2, 0.25) is 5.02 Å². The van der Waals surface area contributed by atoms with Crippen molar-refractivity contribution in [3.8, 4) is 11.5 Å². The van der Waals surface area contributed by atoms with Crippen LogP contribution in [0.25, 0.3) is 0 Å². The molecule has 0 saturated heterocycles. The Labute approximate surface area is 119 Å². The Kier molecular flexibility index (Phi) is 4.26. The maximum atomic E-state index is 10.5. The van der Waals surface area contributed by atoms with Gasteiger partial charge in [0.15, 0.2) is 0 Å². The van der Waals surface area contributed by atoms with Gasteiger partial charge in [-0.05, 0) is 25.8 Å². The highest BCUT2D eigenvalue weighted by molar-refractivity contribution is 6.32. The zero-order chi connectivity index (χ0) is 14.0. The largest absolute Gasteiger partial charge is 0.507 e. The fourth-order valence-corrected chi connectivity index (χ4v) is 3.54. The van der Waals surface area contributed by atoms with E-state index in [-0.39, 0.29) is 11.2 Å². The van der Waals surface area contributed by atoms with Crippen LogP contribution in [0.3, 0.4) is 0 Å². The summed E-state index contributed by atoms with van der Waals surface area (Å²) in [5.74, 6) is 0.833. The Balaban J connectivity index is 2.55. The van der Waals surface area contributed by atoms with E-state index in [1.165, 1.54) is 6.42 Å². The van der Waals surface area contributed by atoms with E-state index in [2.05, 4.69) is 0 Å². The molecule has 0 unspecified atom stereocenters. The van der Waals surface area contributed by atoms with E-state index in [4.69, 9.17) is 22.1 Å². The predicted molar refractivity (Wildman–Crippen MR) is 78.2 cm³/mol. The molecule has 2 rings (SSSR count). The number of aromatic hydroxyl groups is 1. The molecule has 0 aliphatic heterocycles. The number of methoxy groups -OCH3 is 1. The molecule has 0 atom stereocenters. The van der Waals surface area contributed by atoms with Crippen LogP contribution in [0.1, 0.15) is 43.2 Å². The highest BCUT2D eigenvalue weighted by Gasteiger charge is 2.36. The predicted octanol–water partition coefficient (Wildman–Crippen LogP) is 3.52. The van der Waals surface area contributed by atoms with Crippen LogP contribution in [0.15, 0.2) is 6.07 Å². The first kappa shape index (κ1) is 14.5. The van der Waals surface area contributed by atoms with Gasteiger partial charge in [-0.1, -0.05) is 30.9 Å². The Morgan fingerprint density at radius 2 is 2.00 bits per heavy atom. The average molecular weight is 284 g/mol. The van der Waals surface area contributed by atoms with Crippen LogP contribution in [0.4, 0.5) is 0 Å². The molecular weight excluding hydrogens is 262 g/mol. The summed E-state index contributed by atoms with van der Waals surface area (Å²) in [6, 6.07) is 1.83. The molecule has 19 heavy (non-hydrogen) atoms. The first-order valence-corrected chi connectivity index (χ1v) is 7.20. The zero-order valence-corrected chi connectivity index (χ0v) is 12.4. The molecule has 0 radical (unpaired) electrons. The number of phenols is 1. The second-order valence-corrected chi connectivity index (χ2v) is 5.87. The van der Waals surface area contributed by atoms with E-state index in [0.29, 0.717) is 22.9 Å². The van der Waals surface area contributed by atoms with Crippen LogP contribution < -0.4 is 10.5 Å². The Bertz CT molecular complexity index is 468. The molecule has 0 bridgehead atoms. The lowest BCUT2D eigenvalue weighted by molar-refractivity contribution is 0.289. The molecule has 0 heterocycles. The van der Waals surface area contributed by atoms with Gasteiger partial charge < -0.3 is 15.6 Å². The van der Waals surface area contributed by atoms with Gasteiger partial charge in [0.1, 0.15) is 11.5 Å². The second kappa shape index (κ2) is 5.59.